The molecule has 2 unspecified atom stereocenters. The van der Waals surface area contributed by atoms with Gasteiger partial charge in [-0.05, 0) is 31.5 Å². The lowest BCUT2D eigenvalue weighted by Gasteiger charge is -2.36. The van der Waals surface area contributed by atoms with E-state index in [9.17, 15) is 4.79 Å². The van der Waals surface area contributed by atoms with Crippen LogP contribution in [0.5, 0.6) is 11.5 Å². The molecular weight excluding hydrogens is 304 g/mol. The van der Waals surface area contributed by atoms with E-state index in [0.717, 1.165) is 18.7 Å². The Morgan fingerprint density at radius 1 is 1.27 bits per heavy atom. The number of amides is 1. The summed E-state index contributed by atoms with van der Waals surface area (Å²) in [4.78, 5) is 14.4. The Balaban J connectivity index is 1.72. The fourth-order valence-corrected chi connectivity index (χ4v) is 3.37. The predicted molar refractivity (Wildman–Crippen MR) is 84.8 cm³/mol. The molecule has 0 bridgehead atoms. The van der Waals surface area contributed by atoms with Crippen LogP contribution in [0, 0.1) is 0 Å². The summed E-state index contributed by atoms with van der Waals surface area (Å²) < 4.78 is 11.1. The largest absolute Gasteiger partial charge is 0.486 e. The second kappa shape index (κ2) is 6.34. The van der Waals surface area contributed by atoms with E-state index in [1.54, 1.807) is 6.07 Å². The molecule has 1 aromatic rings. The van der Waals surface area contributed by atoms with Gasteiger partial charge in [-0.3, -0.25) is 4.79 Å². The lowest BCUT2D eigenvalue weighted by atomic mass is 10.1. The molecule has 0 radical (unpaired) electrons. The standard InChI is InChI=1S/C16H21ClN2O3/c1-10-8-19(9-11(2)18-10)15(20)7-12-5-13(17)16-14(6-12)21-3-4-22-16/h5-6,10-11,18H,3-4,7-9H2,1-2H3. The number of ether oxygens (including phenoxy) is 2. The number of carbonyl (C=O) groups excluding carboxylic acids is 1. The molecule has 1 N–H and O–H groups in total. The average Bonchev–Trinajstić information content (AvgIpc) is 2.46. The third-order valence-corrected chi connectivity index (χ3v) is 4.20. The lowest BCUT2D eigenvalue weighted by molar-refractivity contribution is -0.132. The minimum atomic E-state index is 0.118. The molecule has 2 aliphatic heterocycles. The van der Waals surface area contributed by atoms with Crippen molar-refractivity contribution in [2.45, 2.75) is 32.4 Å². The average molecular weight is 325 g/mol. The molecule has 1 fully saturated rings. The van der Waals surface area contributed by atoms with Crippen molar-refractivity contribution >= 4 is 17.5 Å². The monoisotopic (exact) mass is 324 g/mol. The fourth-order valence-electron chi connectivity index (χ4n) is 3.08. The molecule has 1 amide bonds. The topological polar surface area (TPSA) is 50.8 Å². The molecule has 0 aliphatic carbocycles. The van der Waals surface area contributed by atoms with Gasteiger partial charge in [-0.15, -0.1) is 0 Å². The minimum Gasteiger partial charge on any atom is -0.486 e. The predicted octanol–water partition coefficient (Wildman–Crippen LogP) is 1.86. The van der Waals surface area contributed by atoms with Crippen LogP contribution in [0.4, 0.5) is 0 Å². The number of nitrogens with one attached hydrogen (secondary N) is 1. The van der Waals surface area contributed by atoms with Gasteiger partial charge in [0.05, 0.1) is 11.4 Å². The number of carbonyl (C=O) groups is 1. The molecular formula is C16H21ClN2O3. The molecule has 22 heavy (non-hydrogen) atoms. The van der Waals surface area contributed by atoms with E-state index in [1.807, 2.05) is 11.0 Å². The summed E-state index contributed by atoms with van der Waals surface area (Å²) in [7, 11) is 0. The number of hydrogen-bond acceptors (Lipinski definition) is 4. The Morgan fingerprint density at radius 2 is 1.95 bits per heavy atom. The van der Waals surface area contributed by atoms with Crippen molar-refractivity contribution in [1.82, 2.24) is 10.2 Å². The summed E-state index contributed by atoms with van der Waals surface area (Å²) in [5.41, 5.74) is 0.859. The highest BCUT2D eigenvalue weighted by Gasteiger charge is 2.25. The van der Waals surface area contributed by atoms with Gasteiger partial charge in [-0.25, -0.2) is 0 Å². The number of rotatable bonds is 2. The van der Waals surface area contributed by atoms with Gasteiger partial charge in [0.2, 0.25) is 5.91 Å². The van der Waals surface area contributed by atoms with Crippen LogP contribution in [0.2, 0.25) is 5.02 Å². The quantitative estimate of drug-likeness (QED) is 0.902. The molecule has 6 heteroatoms. The maximum absolute atomic E-state index is 12.5. The summed E-state index contributed by atoms with van der Waals surface area (Å²) >= 11 is 6.22. The Kier molecular flexibility index (Phi) is 4.45. The van der Waals surface area contributed by atoms with Crippen LogP contribution in [-0.2, 0) is 11.2 Å². The maximum atomic E-state index is 12.5. The number of fused-ring (bicyclic) bond motifs is 1. The normalized spacial score (nSPS) is 24.2. The maximum Gasteiger partial charge on any atom is 0.227 e. The zero-order valence-corrected chi connectivity index (χ0v) is 13.7. The van der Waals surface area contributed by atoms with Crippen LogP contribution < -0.4 is 14.8 Å². The third-order valence-electron chi connectivity index (χ3n) is 3.92. The summed E-state index contributed by atoms with van der Waals surface area (Å²) in [6, 6.07) is 4.28. The first-order chi connectivity index (χ1) is 10.5. The van der Waals surface area contributed by atoms with Crippen LogP contribution in [0.3, 0.4) is 0 Å². The van der Waals surface area contributed by atoms with Crippen molar-refractivity contribution < 1.29 is 14.3 Å². The number of hydrogen-bond donors (Lipinski definition) is 1. The van der Waals surface area contributed by atoms with E-state index in [1.165, 1.54) is 0 Å². The summed E-state index contributed by atoms with van der Waals surface area (Å²) in [6.45, 7) is 6.67. The van der Waals surface area contributed by atoms with Crippen LogP contribution in [-0.4, -0.2) is 49.2 Å². The second-order valence-corrected chi connectivity index (χ2v) is 6.45. The first-order valence-corrected chi connectivity index (χ1v) is 8.02. The molecule has 3 rings (SSSR count). The number of piperazine rings is 1. The van der Waals surface area contributed by atoms with Gasteiger partial charge < -0.3 is 19.7 Å². The van der Waals surface area contributed by atoms with E-state index in [0.29, 0.717) is 48.2 Å². The molecule has 2 atom stereocenters. The zero-order valence-electron chi connectivity index (χ0n) is 12.9. The Labute approximate surface area is 135 Å². The highest BCUT2D eigenvalue weighted by atomic mass is 35.5. The van der Waals surface area contributed by atoms with Crippen molar-refractivity contribution in [3.63, 3.8) is 0 Å². The highest BCUT2D eigenvalue weighted by Crippen LogP contribution is 2.38. The van der Waals surface area contributed by atoms with Gasteiger partial charge >= 0.3 is 0 Å². The molecule has 2 heterocycles. The van der Waals surface area contributed by atoms with Gasteiger partial charge in [0, 0.05) is 25.2 Å². The first kappa shape index (κ1) is 15.4. The smallest absolute Gasteiger partial charge is 0.227 e. The molecule has 1 saturated heterocycles. The van der Waals surface area contributed by atoms with E-state index >= 15 is 0 Å². The molecule has 0 aromatic heterocycles. The van der Waals surface area contributed by atoms with Crippen LogP contribution in [0.15, 0.2) is 12.1 Å². The van der Waals surface area contributed by atoms with Crippen molar-refractivity contribution in [2.24, 2.45) is 0 Å². The van der Waals surface area contributed by atoms with Crippen LogP contribution in [0.1, 0.15) is 19.4 Å². The Morgan fingerprint density at radius 3 is 2.68 bits per heavy atom. The summed E-state index contributed by atoms with van der Waals surface area (Å²) in [6.07, 6.45) is 0.329. The van der Waals surface area contributed by atoms with Gasteiger partial charge in [0.1, 0.15) is 13.2 Å². The van der Waals surface area contributed by atoms with Gasteiger partial charge in [-0.1, -0.05) is 11.6 Å². The second-order valence-electron chi connectivity index (χ2n) is 6.05. The van der Waals surface area contributed by atoms with Crippen LogP contribution in [0.25, 0.3) is 0 Å². The summed E-state index contributed by atoms with van der Waals surface area (Å²) in [5, 5.41) is 3.93. The van der Waals surface area contributed by atoms with Gasteiger partial charge in [-0.2, -0.15) is 0 Å². The highest BCUT2D eigenvalue weighted by molar-refractivity contribution is 6.32. The molecule has 5 nitrogen and oxygen atoms in total. The molecule has 0 spiro atoms. The zero-order chi connectivity index (χ0) is 15.7. The molecule has 2 aliphatic rings. The first-order valence-electron chi connectivity index (χ1n) is 7.65. The molecule has 120 valence electrons. The lowest BCUT2D eigenvalue weighted by Crippen LogP contribution is -2.56. The number of halogens is 1. The third kappa shape index (κ3) is 3.31. The van der Waals surface area contributed by atoms with E-state index in [4.69, 9.17) is 21.1 Å². The van der Waals surface area contributed by atoms with Crippen molar-refractivity contribution in [2.75, 3.05) is 26.3 Å². The minimum absolute atomic E-state index is 0.118. The van der Waals surface area contributed by atoms with Crippen molar-refractivity contribution in [3.8, 4) is 11.5 Å². The fraction of sp³-hybridized carbons (Fsp3) is 0.562. The molecule has 0 saturated carbocycles. The Bertz CT molecular complexity index is 569. The number of benzene rings is 1. The van der Waals surface area contributed by atoms with E-state index in [-0.39, 0.29) is 5.91 Å². The van der Waals surface area contributed by atoms with Gasteiger partial charge in [0.25, 0.3) is 0 Å². The van der Waals surface area contributed by atoms with Crippen molar-refractivity contribution in [3.05, 3.63) is 22.7 Å². The van der Waals surface area contributed by atoms with Crippen LogP contribution >= 0.6 is 11.6 Å². The van der Waals surface area contributed by atoms with Crippen molar-refractivity contribution in [1.29, 1.82) is 0 Å². The summed E-state index contributed by atoms with van der Waals surface area (Å²) in [5.74, 6) is 1.32. The van der Waals surface area contributed by atoms with E-state index < -0.39 is 0 Å². The van der Waals surface area contributed by atoms with Gasteiger partial charge in [0.15, 0.2) is 11.5 Å². The Hall–Kier alpha value is -1.46. The SMILES string of the molecule is CC1CN(C(=O)Cc2cc(Cl)c3c(c2)OCCO3)CC(C)N1. The van der Waals surface area contributed by atoms with E-state index in [2.05, 4.69) is 19.2 Å². The molecule has 1 aromatic carbocycles. The number of nitrogens with zero attached hydrogens (tertiary/aromatic N) is 1.